The number of hydrogen-bond donors (Lipinski definition) is 3. The Labute approximate surface area is 76.1 Å². The minimum Gasteiger partial charge on any atom is -0.397 e. The van der Waals surface area contributed by atoms with Crippen LogP contribution in [0.1, 0.15) is 5.56 Å². The third-order valence-corrected chi connectivity index (χ3v) is 1.58. The summed E-state index contributed by atoms with van der Waals surface area (Å²) in [5, 5.41) is 8.39. The molecule has 3 nitrogen and oxygen atoms in total. The van der Waals surface area contributed by atoms with E-state index in [1.54, 1.807) is 0 Å². The molecule has 0 unspecified atom stereocenters. The lowest BCUT2D eigenvalue weighted by molar-refractivity contribution is -0.139. The van der Waals surface area contributed by atoms with Gasteiger partial charge >= 0.3 is 6.18 Å². The molecule has 7 heteroatoms. The quantitative estimate of drug-likeness (QED) is 0.378. The fourth-order valence-electron chi connectivity index (χ4n) is 0.991. The number of hydrogen-bond acceptors (Lipinski definition) is 3. The molecule has 0 fully saturated rings. The van der Waals surface area contributed by atoms with Crippen molar-refractivity contribution in [2.75, 3.05) is 11.2 Å². The zero-order chi connectivity index (χ0) is 10.9. The Bertz CT molecular complexity index is 350. The average molecular weight is 210 g/mol. The van der Waals surface area contributed by atoms with Crippen molar-refractivity contribution in [3.8, 4) is 0 Å². The zero-order valence-electron chi connectivity index (χ0n) is 6.69. The Balaban J connectivity index is 3.46. The number of rotatable bonds is 1. The van der Waals surface area contributed by atoms with Gasteiger partial charge in [0.25, 0.3) is 0 Å². The van der Waals surface area contributed by atoms with Gasteiger partial charge in [0.15, 0.2) is 0 Å². The van der Waals surface area contributed by atoms with Gasteiger partial charge < -0.3 is 5.73 Å². The lowest BCUT2D eigenvalue weighted by Gasteiger charge is -2.14. The summed E-state index contributed by atoms with van der Waals surface area (Å²) in [5.74, 6) is -1.50. The lowest BCUT2D eigenvalue weighted by Crippen LogP contribution is -2.13. The first-order chi connectivity index (χ1) is 6.38. The molecule has 4 N–H and O–H groups in total. The summed E-state index contributed by atoms with van der Waals surface area (Å²) in [7, 11) is 0. The van der Waals surface area contributed by atoms with E-state index in [-0.39, 0.29) is 5.69 Å². The van der Waals surface area contributed by atoms with Crippen molar-refractivity contribution in [3.05, 3.63) is 23.5 Å². The van der Waals surface area contributed by atoms with Gasteiger partial charge in [-0.05, 0) is 12.1 Å². The van der Waals surface area contributed by atoms with Crippen LogP contribution in [0.25, 0.3) is 0 Å². The smallest absolute Gasteiger partial charge is 0.397 e. The van der Waals surface area contributed by atoms with Gasteiger partial charge in [0, 0.05) is 0 Å². The standard InChI is InChI=1S/C7H6F4N2O/c8-3-1-2-4(12)6(13-14)5(3)7(9,10)11/h1-2,13-14H,12H2. The minimum absolute atomic E-state index is 0.388. The second-order valence-electron chi connectivity index (χ2n) is 2.50. The summed E-state index contributed by atoms with van der Waals surface area (Å²) in [6, 6.07) is 1.50. The Morgan fingerprint density at radius 2 is 1.86 bits per heavy atom. The van der Waals surface area contributed by atoms with Gasteiger partial charge in [-0.25, -0.2) is 4.39 Å². The van der Waals surface area contributed by atoms with Crippen LogP contribution in [-0.2, 0) is 6.18 Å². The van der Waals surface area contributed by atoms with Crippen molar-refractivity contribution in [1.29, 1.82) is 0 Å². The first kappa shape index (κ1) is 10.6. The van der Waals surface area contributed by atoms with Crippen LogP contribution in [0.15, 0.2) is 12.1 Å². The summed E-state index contributed by atoms with van der Waals surface area (Å²) < 4.78 is 49.5. The van der Waals surface area contributed by atoms with Crippen LogP contribution < -0.4 is 11.2 Å². The number of benzene rings is 1. The molecule has 0 saturated carbocycles. The molecule has 0 aromatic heterocycles. The van der Waals surface area contributed by atoms with E-state index in [1.165, 1.54) is 5.48 Å². The predicted molar refractivity (Wildman–Crippen MR) is 41.2 cm³/mol. The van der Waals surface area contributed by atoms with Gasteiger partial charge in [-0.1, -0.05) is 0 Å². The van der Waals surface area contributed by atoms with E-state index in [0.717, 1.165) is 6.07 Å². The van der Waals surface area contributed by atoms with Gasteiger partial charge in [0.05, 0.1) is 11.4 Å². The molecule has 0 heterocycles. The fraction of sp³-hybridized carbons (Fsp3) is 0.143. The van der Waals surface area contributed by atoms with E-state index < -0.39 is 23.2 Å². The molecule has 0 saturated heterocycles. The van der Waals surface area contributed by atoms with Crippen molar-refractivity contribution >= 4 is 11.4 Å². The third-order valence-electron chi connectivity index (χ3n) is 1.58. The first-order valence-electron chi connectivity index (χ1n) is 3.43. The molecular weight excluding hydrogens is 204 g/mol. The van der Waals surface area contributed by atoms with E-state index in [1.807, 2.05) is 0 Å². The number of nitrogens with two attached hydrogens (primary N) is 1. The average Bonchev–Trinajstić information content (AvgIpc) is 2.06. The molecule has 0 aliphatic heterocycles. The summed E-state index contributed by atoms with van der Waals surface area (Å²) >= 11 is 0. The van der Waals surface area contributed by atoms with E-state index in [4.69, 9.17) is 10.9 Å². The number of nitrogen functional groups attached to an aromatic ring is 1. The molecule has 1 aromatic rings. The van der Waals surface area contributed by atoms with Gasteiger partial charge in [0.1, 0.15) is 11.4 Å². The molecule has 0 aliphatic carbocycles. The molecule has 0 radical (unpaired) electrons. The molecule has 14 heavy (non-hydrogen) atoms. The van der Waals surface area contributed by atoms with Crippen LogP contribution in [0.2, 0.25) is 0 Å². The first-order valence-corrected chi connectivity index (χ1v) is 3.43. The number of anilines is 2. The van der Waals surface area contributed by atoms with Gasteiger partial charge in [-0.3, -0.25) is 10.7 Å². The largest absolute Gasteiger partial charge is 0.421 e. The maximum absolute atomic E-state index is 12.8. The normalized spacial score (nSPS) is 11.5. The molecule has 0 amide bonds. The Morgan fingerprint density at radius 1 is 1.29 bits per heavy atom. The van der Waals surface area contributed by atoms with E-state index in [2.05, 4.69) is 0 Å². The SMILES string of the molecule is Nc1ccc(F)c(C(F)(F)F)c1NO. The second kappa shape index (κ2) is 3.33. The maximum atomic E-state index is 12.8. The van der Waals surface area contributed by atoms with Crippen LogP contribution in [0.5, 0.6) is 0 Å². The maximum Gasteiger partial charge on any atom is 0.421 e. The van der Waals surface area contributed by atoms with Gasteiger partial charge in [-0.2, -0.15) is 13.2 Å². The third kappa shape index (κ3) is 1.72. The summed E-state index contributed by atoms with van der Waals surface area (Å²) in [6.07, 6.45) is -4.91. The van der Waals surface area contributed by atoms with Crippen molar-refractivity contribution < 1.29 is 22.8 Å². The topological polar surface area (TPSA) is 58.3 Å². The molecule has 0 spiro atoms. The molecule has 0 bridgehead atoms. The highest BCUT2D eigenvalue weighted by Gasteiger charge is 2.37. The van der Waals surface area contributed by atoms with E-state index >= 15 is 0 Å². The van der Waals surface area contributed by atoms with Gasteiger partial charge in [-0.15, -0.1) is 0 Å². The summed E-state index contributed by atoms with van der Waals surface area (Å²) in [5.41, 5.74) is 3.46. The van der Waals surface area contributed by atoms with Crippen molar-refractivity contribution in [2.45, 2.75) is 6.18 Å². The van der Waals surface area contributed by atoms with E-state index in [0.29, 0.717) is 6.07 Å². The number of alkyl halides is 3. The van der Waals surface area contributed by atoms with Gasteiger partial charge in [0.2, 0.25) is 0 Å². The molecular formula is C7H6F4N2O. The number of nitrogens with one attached hydrogen (secondary N) is 1. The Kier molecular flexibility index (Phi) is 2.52. The fourth-order valence-corrected chi connectivity index (χ4v) is 0.991. The predicted octanol–water partition coefficient (Wildman–Crippen LogP) is 2.23. The summed E-state index contributed by atoms with van der Waals surface area (Å²) in [6.45, 7) is 0. The van der Waals surface area contributed by atoms with Crippen LogP contribution in [-0.4, -0.2) is 5.21 Å². The minimum atomic E-state index is -4.91. The molecule has 1 aromatic carbocycles. The lowest BCUT2D eigenvalue weighted by atomic mass is 10.1. The molecule has 0 aliphatic rings. The highest BCUT2D eigenvalue weighted by Crippen LogP contribution is 2.39. The van der Waals surface area contributed by atoms with Crippen molar-refractivity contribution in [1.82, 2.24) is 0 Å². The Hall–Kier alpha value is -1.50. The molecule has 0 atom stereocenters. The number of halogens is 4. The zero-order valence-corrected chi connectivity index (χ0v) is 6.69. The molecule has 78 valence electrons. The highest BCUT2D eigenvalue weighted by molar-refractivity contribution is 5.70. The monoisotopic (exact) mass is 210 g/mol. The van der Waals surface area contributed by atoms with Crippen LogP contribution >= 0.6 is 0 Å². The highest BCUT2D eigenvalue weighted by atomic mass is 19.4. The Morgan fingerprint density at radius 3 is 2.21 bits per heavy atom. The summed E-state index contributed by atoms with van der Waals surface area (Å²) in [4.78, 5) is 0. The van der Waals surface area contributed by atoms with Crippen molar-refractivity contribution in [3.63, 3.8) is 0 Å². The van der Waals surface area contributed by atoms with Crippen LogP contribution in [0, 0.1) is 5.82 Å². The van der Waals surface area contributed by atoms with E-state index in [9.17, 15) is 17.6 Å². The van der Waals surface area contributed by atoms with Crippen molar-refractivity contribution in [2.24, 2.45) is 0 Å². The van der Waals surface area contributed by atoms with Crippen LogP contribution in [0.3, 0.4) is 0 Å². The molecule has 1 rings (SSSR count). The second-order valence-corrected chi connectivity index (χ2v) is 2.50. The van der Waals surface area contributed by atoms with Crippen LogP contribution in [0.4, 0.5) is 28.9 Å².